The van der Waals surface area contributed by atoms with Crippen LogP contribution in [-0.4, -0.2) is 62.0 Å². The van der Waals surface area contributed by atoms with E-state index in [1.54, 1.807) is 0 Å². The van der Waals surface area contributed by atoms with E-state index in [2.05, 4.69) is 24.4 Å². The quantitative estimate of drug-likeness (QED) is 0.234. The predicted octanol–water partition coefficient (Wildman–Crippen LogP) is 3.71. The Kier molecular flexibility index (Phi) is 20.1. The number of quaternary nitrogens is 1. The number of amides is 1. The van der Waals surface area contributed by atoms with Crippen molar-refractivity contribution >= 4 is 72.2 Å². The minimum absolute atomic E-state index is 0. The van der Waals surface area contributed by atoms with Gasteiger partial charge in [0.05, 0.1) is 39.3 Å². The molecule has 0 aliphatic carbocycles. The van der Waals surface area contributed by atoms with Crippen molar-refractivity contribution in [3.8, 4) is 0 Å². The van der Waals surface area contributed by atoms with Crippen molar-refractivity contribution in [3.63, 3.8) is 0 Å². The second kappa shape index (κ2) is 20.0. The van der Waals surface area contributed by atoms with Crippen LogP contribution in [0.4, 0.5) is 0 Å². The lowest BCUT2D eigenvalue weighted by Gasteiger charge is -2.29. The molecule has 2 aromatic carbocycles. The Morgan fingerprint density at radius 1 is 0.900 bits per heavy atom. The van der Waals surface area contributed by atoms with Gasteiger partial charge in [-0.15, -0.1) is 49.6 Å². The number of carbonyl (C=O) groups is 2. The molecule has 11 heteroatoms. The minimum Gasteiger partial charge on any atom is -0.345 e. The first kappa shape index (κ1) is 40.2. The zero-order valence-corrected chi connectivity index (χ0v) is 26.5. The zero-order valence-electron chi connectivity index (χ0n) is 23.2. The van der Waals surface area contributed by atoms with E-state index < -0.39 is 12.1 Å². The Morgan fingerprint density at radius 3 is 2.23 bits per heavy atom. The molecule has 6 N–H and O–H groups in total. The number of para-hydroxylation sites is 1. The summed E-state index contributed by atoms with van der Waals surface area (Å²) in [5.41, 5.74) is 15.0. The molecule has 3 aromatic rings. The monoisotopic (exact) mass is 635 g/mol. The van der Waals surface area contributed by atoms with Gasteiger partial charge in [-0.3, -0.25) is 9.59 Å². The number of benzene rings is 2. The van der Waals surface area contributed by atoms with Gasteiger partial charge in [-0.2, -0.15) is 0 Å². The number of H-pyrrole nitrogens is 1. The van der Waals surface area contributed by atoms with Crippen molar-refractivity contribution in [2.75, 3.05) is 33.7 Å². The van der Waals surface area contributed by atoms with Gasteiger partial charge in [0.15, 0.2) is 12.0 Å². The van der Waals surface area contributed by atoms with Gasteiger partial charge in [-0.25, -0.2) is 4.98 Å². The molecule has 2 atom stereocenters. The number of fused-ring (bicyclic) bond motifs is 1. The van der Waals surface area contributed by atoms with E-state index in [1.807, 2.05) is 66.9 Å². The number of pyridine rings is 1. The SMILES string of the molecule is C[N+](C)(CCN)CCC[C@H](N)C(=O)N[C@H](CCc1ccccc1)C(=O)Cc1c[nH+]c2ccccc2c1.Cl.Cl.Cl.Cl. The van der Waals surface area contributed by atoms with Crippen molar-refractivity contribution in [2.45, 2.75) is 44.2 Å². The molecule has 0 radical (unpaired) electrons. The summed E-state index contributed by atoms with van der Waals surface area (Å²) in [4.78, 5) is 29.6. The number of ketones is 1. The summed E-state index contributed by atoms with van der Waals surface area (Å²) in [5.74, 6) is -0.286. The van der Waals surface area contributed by atoms with Gasteiger partial charge in [-0.05, 0) is 43.4 Å². The summed E-state index contributed by atoms with van der Waals surface area (Å²) in [7, 11) is 4.25. The highest BCUT2D eigenvalue weighted by Gasteiger charge is 2.25. The fourth-order valence-electron chi connectivity index (χ4n) is 4.47. The van der Waals surface area contributed by atoms with Crippen molar-refractivity contribution in [1.82, 2.24) is 5.32 Å². The smallest absolute Gasteiger partial charge is 0.237 e. The summed E-state index contributed by atoms with van der Waals surface area (Å²) in [6, 6.07) is 18.7. The number of aromatic nitrogens is 1. The van der Waals surface area contributed by atoms with E-state index in [1.165, 1.54) is 0 Å². The van der Waals surface area contributed by atoms with Gasteiger partial charge < -0.3 is 21.3 Å². The molecule has 3 rings (SSSR count). The molecule has 0 unspecified atom stereocenters. The van der Waals surface area contributed by atoms with E-state index in [0.29, 0.717) is 25.8 Å². The van der Waals surface area contributed by atoms with Crippen LogP contribution in [0.5, 0.6) is 0 Å². The number of carbonyl (C=O) groups excluding carboxylic acids is 2. The van der Waals surface area contributed by atoms with E-state index in [-0.39, 0.29) is 67.7 Å². The summed E-state index contributed by atoms with van der Waals surface area (Å²) in [6.07, 6.45) is 4.71. The van der Waals surface area contributed by atoms with E-state index in [9.17, 15) is 9.59 Å². The van der Waals surface area contributed by atoms with Crippen LogP contribution in [0.15, 0.2) is 66.9 Å². The van der Waals surface area contributed by atoms with E-state index in [0.717, 1.165) is 46.0 Å². The number of Topliss-reactive ketones (excluding diaryl/α,β-unsaturated/α-hetero) is 1. The first-order chi connectivity index (χ1) is 17.3. The molecule has 0 aliphatic rings. The Bertz CT molecular complexity index is 1150. The Morgan fingerprint density at radius 2 is 1.55 bits per heavy atom. The fraction of sp³-hybridized carbons (Fsp3) is 0.414. The number of hydrogen-bond donors (Lipinski definition) is 3. The Labute approximate surface area is 263 Å². The minimum atomic E-state index is -0.649. The second-order valence-electron chi connectivity index (χ2n) is 10.2. The molecule has 0 bridgehead atoms. The summed E-state index contributed by atoms with van der Waals surface area (Å²) < 4.78 is 0.797. The summed E-state index contributed by atoms with van der Waals surface area (Å²) in [5, 5.41) is 4.02. The van der Waals surface area contributed by atoms with Gasteiger partial charge in [0.25, 0.3) is 0 Å². The number of rotatable bonds is 14. The molecule has 224 valence electrons. The van der Waals surface area contributed by atoms with Crippen LogP contribution < -0.4 is 21.8 Å². The number of aryl methyl sites for hydroxylation is 1. The molecular formula is C29H45Cl4N5O2+2. The van der Waals surface area contributed by atoms with Crippen LogP contribution in [0.1, 0.15) is 30.4 Å². The van der Waals surface area contributed by atoms with Gasteiger partial charge >= 0.3 is 0 Å². The molecule has 7 nitrogen and oxygen atoms in total. The number of nitrogens with two attached hydrogens (primary N) is 2. The molecule has 0 fully saturated rings. The maximum atomic E-state index is 13.4. The van der Waals surface area contributed by atoms with Crippen molar-refractivity contribution in [1.29, 1.82) is 0 Å². The third-order valence-corrected chi connectivity index (χ3v) is 6.71. The third kappa shape index (κ3) is 13.1. The first-order valence-electron chi connectivity index (χ1n) is 12.8. The summed E-state index contributed by atoms with van der Waals surface area (Å²) >= 11 is 0. The highest BCUT2D eigenvalue weighted by molar-refractivity contribution is 5.92. The molecule has 40 heavy (non-hydrogen) atoms. The lowest BCUT2D eigenvalue weighted by molar-refractivity contribution is -0.889. The van der Waals surface area contributed by atoms with Crippen molar-refractivity contribution < 1.29 is 19.1 Å². The predicted molar refractivity (Wildman–Crippen MR) is 173 cm³/mol. The zero-order chi connectivity index (χ0) is 26.0. The number of nitrogens with one attached hydrogen (secondary N) is 2. The van der Waals surface area contributed by atoms with Crippen LogP contribution in [0.25, 0.3) is 10.9 Å². The first-order valence-corrected chi connectivity index (χ1v) is 12.8. The van der Waals surface area contributed by atoms with Crippen molar-refractivity contribution in [3.05, 3.63) is 78.0 Å². The molecule has 0 spiro atoms. The highest BCUT2D eigenvalue weighted by Crippen LogP contribution is 2.13. The maximum Gasteiger partial charge on any atom is 0.237 e. The number of halogens is 4. The van der Waals surface area contributed by atoms with Crippen LogP contribution in [0.2, 0.25) is 0 Å². The standard InChI is InChI=1S/C29H39N5O2.4ClH/c1-34(2,18-16-30)17-8-12-25(31)29(36)33-27(15-14-22-9-4-3-5-10-22)28(35)20-23-19-24-11-6-7-13-26(24)32-21-23;;;;/h3-7,9-11,13,19,21,25,27H,8,12,14-18,20,30-31H2,1-2H3;4*1H/p+2/t25-,27+;;;;/m0..../s1. The number of aromatic amines is 1. The molecule has 1 heterocycles. The van der Waals surface area contributed by atoms with Gasteiger partial charge in [0.1, 0.15) is 0 Å². The van der Waals surface area contributed by atoms with Gasteiger partial charge in [0, 0.05) is 30.0 Å². The molecule has 1 aromatic heterocycles. The van der Waals surface area contributed by atoms with Crippen LogP contribution >= 0.6 is 49.6 Å². The van der Waals surface area contributed by atoms with Gasteiger partial charge in [-0.1, -0.05) is 42.5 Å². The second-order valence-corrected chi connectivity index (χ2v) is 10.2. The molecule has 0 saturated carbocycles. The lowest BCUT2D eigenvalue weighted by Crippen LogP contribution is -2.49. The topological polar surface area (TPSA) is 112 Å². The third-order valence-electron chi connectivity index (χ3n) is 6.71. The van der Waals surface area contributed by atoms with Crippen LogP contribution in [-0.2, 0) is 22.4 Å². The van der Waals surface area contributed by atoms with Crippen molar-refractivity contribution in [2.24, 2.45) is 11.5 Å². The largest absolute Gasteiger partial charge is 0.345 e. The molecular weight excluding hydrogens is 592 g/mol. The molecule has 1 amide bonds. The number of hydrogen-bond acceptors (Lipinski definition) is 4. The van der Waals surface area contributed by atoms with Gasteiger partial charge in [0.2, 0.25) is 11.4 Å². The molecule has 0 saturated heterocycles. The maximum absolute atomic E-state index is 13.4. The number of nitrogens with zero attached hydrogens (tertiary/aromatic N) is 1. The molecule has 0 aliphatic heterocycles. The summed E-state index contributed by atoms with van der Waals surface area (Å²) in [6.45, 7) is 2.40. The normalized spacial score (nSPS) is 12.0. The van der Waals surface area contributed by atoms with Crippen LogP contribution in [0.3, 0.4) is 0 Å². The highest BCUT2D eigenvalue weighted by atomic mass is 35.5. The number of likely N-dealkylation sites (N-methyl/N-ethyl adjacent to an activating group) is 1. The Hall–Kier alpha value is -1.97. The average molecular weight is 638 g/mol. The average Bonchev–Trinajstić information content (AvgIpc) is 2.86. The van der Waals surface area contributed by atoms with Crippen LogP contribution in [0, 0.1) is 0 Å². The van der Waals surface area contributed by atoms with E-state index >= 15 is 0 Å². The lowest BCUT2D eigenvalue weighted by atomic mass is 9.97. The van der Waals surface area contributed by atoms with E-state index in [4.69, 9.17) is 11.5 Å². The fourth-order valence-corrected chi connectivity index (χ4v) is 4.47. The Balaban J connectivity index is 0.